The van der Waals surface area contributed by atoms with Gasteiger partial charge in [0.1, 0.15) is 6.54 Å². The second-order valence-corrected chi connectivity index (χ2v) is 8.08. The van der Waals surface area contributed by atoms with E-state index in [9.17, 15) is 14.4 Å². The van der Waals surface area contributed by atoms with E-state index in [-0.39, 0.29) is 30.8 Å². The van der Waals surface area contributed by atoms with Crippen LogP contribution in [0.5, 0.6) is 0 Å². The Bertz CT molecular complexity index is 977. The summed E-state index contributed by atoms with van der Waals surface area (Å²) in [4.78, 5) is 39.8. The number of methoxy groups -OCH3 is 1. The number of anilines is 2. The van der Waals surface area contributed by atoms with Gasteiger partial charge in [-0.15, -0.1) is 11.8 Å². The van der Waals surface area contributed by atoms with Gasteiger partial charge in [-0.2, -0.15) is 0 Å². The molecule has 8 heteroatoms. The highest BCUT2D eigenvalue weighted by Crippen LogP contribution is 2.32. The number of amides is 3. The molecule has 0 aliphatic carbocycles. The SMILES string of the molecule is COCCN(CC(=O)Nc1cccc(C)c1C)C(=O)c1ccc2c(c1)NC(=O)CS2. The van der Waals surface area contributed by atoms with Crippen molar-refractivity contribution in [3.05, 3.63) is 53.1 Å². The first-order chi connectivity index (χ1) is 14.4. The molecule has 0 bridgehead atoms. The Morgan fingerprint density at radius 1 is 1.23 bits per heavy atom. The number of nitrogens with one attached hydrogen (secondary N) is 2. The summed E-state index contributed by atoms with van der Waals surface area (Å²) in [5.74, 6) is -0.314. The molecule has 2 N–H and O–H groups in total. The normalized spacial score (nSPS) is 12.7. The van der Waals surface area contributed by atoms with Gasteiger partial charge in [0.05, 0.1) is 18.0 Å². The fourth-order valence-corrected chi connectivity index (χ4v) is 3.89. The largest absolute Gasteiger partial charge is 0.383 e. The van der Waals surface area contributed by atoms with Gasteiger partial charge in [-0.25, -0.2) is 0 Å². The third-order valence-electron chi connectivity index (χ3n) is 4.93. The number of rotatable bonds is 7. The van der Waals surface area contributed by atoms with E-state index < -0.39 is 0 Å². The molecule has 0 unspecified atom stereocenters. The van der Waals surface area contributed by atoms with E-state index in [0.29, 0.717) is 23.6 Å². The first-order valence-electron chi connectivity index (χ1n) is 9.60. The Balaban J connectivity index is 1.75. The van der Waals surface area contributed by atoms with Gasteiger partial charge in [-0.1, -0.05) is 12.1 Å². The van der Waals surface area contributed by atoms with Crippen molar-refractivity contribution in [2.24, 2.45) is 0 Å². The zero-order valence-electron chi connectivity index (χ0n) is 17.3. The van der Waals surface area contributed by atoms with Crippen LogP contribution in [-0.4, -0.2) is 55.2 Å². The van der Waals surface area contributed by atoms with Gasteiger partial charge >= 0.3 is 0 Å². The molecule has 3 rings (SSSR count). The van der Waals surface area contributed by atoms with Gasteiger partial charge < -0.3 is 20.3 Å². The van der Waals surface area contributed by atoms with Crippen molar-refractivity contribution in [1.29, 1.82) is 0 Å². The summed E-state index contributed by atoms with van der Waals surface area (Å²) < 4.78 is 5.11. The third-order valence-corrected chi connectivity index (χ3v) is 6.00. The summed E-state index contributed by atoms with van der Waals surface area (Å²) in [5, 5.41) is 5.67. The molecule has 158 valence electrons. The minimum absolute atomic E-state index is 0.0961. The van der Waals surface area contributed by atoms with Gasteiger partial charge in [0.15, 0.2) is 0 Å². The van der Waals surface area contributed by atoms with E-state index in [1.807, 2.05) is 38.1 Å². The lowest BCUT2D eigenvalue weighted by Crippen LogP contribution is -2.40. The number of benzene rings is 2. The molecule has 30 heavy (non-hydrogen) atoms. The third kappa shape index (κ3) is 5.20. The monoisotopic (exact) mass is 427 g/mol. The number of nitrogens with zero attached hydrogens (tertiary/aromatic N) is 1. The average molecular weight is 428 g/mol. The summed E-state index contributed by atoms with van der Waals surface area (Å²) in [6, 6.07) is 10.9. The summed E-state index contributed by atoms with van der Waals surface area (Å²) in [6.07, 6.45) is 0. The first kappa shape index (κ1) is 21.9. The number of carbonyl (C=O) groups is 3. The molecule has 1 aliphatic rings. The minimum Gasteiger partial charge on any atom is -0.383 e. The number of thioether (sulfide) groups is 1. The maximum atomic E-state index is 13.1. The molecule has 7 nitrogen and oxygen atoms in total. The highest BCUT2D eigenvalue weighted by molar-refractivity contribution is 8.00. The second-order valence-electron chi connectivity index (χ2n) is 7.06. The maximum Gasteiger partial charge on any atom is 0.254 e. The number of hydrogen-bond donors (Lipinski definition) is 2. The Morgan fingerprint density at radius 3 is 2.80 bits per heavy atom. The highest BCUT2D eigenvalue weighted by atomic mass is 32.2. The van der Waals surface area contributed by atoms with E-state index in [4.69, 9.17) is 4.74 Å². The van der Waals surface area contributed by atoms with E-state index >= 15 is 0 Å². The van der Waals surface area contributed by atoms with Gasteiger partial charge in [0, 0.05) is 29.8 Å². The highest BCUT2D eigenvalue weighted by Gasteiger charge is 2.22. The van der Waals surface area contributed by atoms with E-state index in [0.717, 1.165) is 21.7 Å². The number of hydrogen-bond acceptors (Lipinski definition) is 5. The smallest absolute Gasteiger partial charge is 0.254 e. The van der Waals surface area contributed by atoms with Gasteiger partial charge in [0.2, 0.25) is 11.8 Å². The van der Waals surface area contributed by atoms with Crippen molar-refractivity contribution in [2.45, 2.75) is 18.7 Å². The summed E-state index contributed by atoms with van der Waals surface area (Å²) >= 11 is 1.43. The van der Waals surface area contributed by atoms with Crippen LogP contribution in [0.4, 0.5) is 11.4 Å². The zero-order chi connectivity index (χ0) is 21.7. The molecular formula is C22H25N3O4S. The average Bonchev–Trinajstić information content (AvgIpc) is 2.73. The molecule has 0 aromatic heterocycles. The van der Waals surface area contributed by atoms with Crippen LogP contribution in [0.15, 0.2) is 41.3 Å². The van der Waals surface area contributed by atoms with Crippen LogP contribution < -0.4 is 10.6 Å². The predicted molar refractivity (Wildman–Crippen MR) is 118 cm³/mol. The van der Waals surface area contributed by atoms with Crippen LogP contribution in [0.3, 0.4) is 0 Å². The van der Waals surface area contributed by atoms with Crippen LogP contribution >= 0.6 is 11.8 Å². The Labute approximate surface area is 180 Å². The molecule has 2 aromatic rings. The fourth-order valence-electron chi connectivity index (χ4n) is 3.10. The van der Waals surface area contributed by atoms with Crippen molar-refractivity contribution >= 4 is 40.9 Å². The van der Waals surface area contributed by atoms with Crippen LogP contribution in [-0.2, 0) is 14.3 Å². The maximum absolute atomic E-state index is 13.1. The number of aryl methyl sites for hydroxylation is 1. The predicted octanol–water partition coefficient (Wildman–Crippen LogP) is 3.07. The molecular weight excluding hydrogens is 402 g/mol. The summed E-state index contributed by atoms with van der Waals surface area (Å²) in [5.41, 5.74) is 3.83. The Hall–Kier alpha value is -2.84. The first-order valence-corrected chi connectivity index (χ1v) is 10.6. The van der Waals surface area contributed by atoms with Crippen molar-refractivity contribution in [3.8, 4) is 0 Å². The molecule has 0 saturated carbocycles. The van der Waals surface area contributed by atoms with E-state index in [1.54, 1.807) is 19.2 Å². The van der Waals surface area contributed by atoms with E-state index in [1.165, 1.54) is 16.7 Å². The topological polar surface area (TPSA) is 87.7 Å². The van der Waals surface area contributed by atoms with Crippen molar-refractivity contribution in [1.82, 2.24) is 4.90 Å². The van der Waals surface area contributed by atoms with Crippen LogP contribution in [0.1, 0.15) is 21.5 Å². The molecule has 1 heterocycles. The summed E-state index contributed by atoms with van der Waals surface area (Å²) in [7, 11) is 1.55. The second kappa shape index (κ2) is 9.77. The van der Waals surface area contributed by atoms with Crippen molar-refractivity contribution < 1.29 is 19.1 Å². The zero-order valence-corrected chi connectivity index (χ0v) is 18.1. The molecule has 3 amide bonds. The van der Waals surface area contributed by atoms with Crippen LogP contribution in [0, 0.1) is 13.8 Å². The molecule has 0 fully saturated rings. The molecule has 0 saturated heterocycles. The molecule has 2 aromatic carbocycles. The van der Waals surface area contributed by atoms with Gasteiger partial charge in [-0.3, -0.25) is 14.4 Å². The molecule has 0 atom stereocenters. The summed E-state index contributed by atoms with van der Waals surface area (Å²) in [6.45, 7) is 4.40. The minimum atomic E-state index is -0.296. The lowest BCUT2D eigenvalue weighted by Gasteiger charge is -2.23. The standard InChI is InChI=1S/C22H25N3O4S/c1-14-5-4-6-17(15(14)2)23-20(26)12-25(9-10-29-3)22(28)16-7-8-19-18(11-16)24-21(27)13-30-19/h4-8,11H,9-10,12-13H2,1-3H3,(H,23,26)(H,24,27). The Morgan fingerprint density at radius 2 is 2.03 bits per heavy atom. The van der Waals surface area contributed by atoms with Crippen LogP contribution in [0.25, 0.3) is 0 Å². The molecule has 1 aliphatic heterocycles. The lowest BCUT2D eigenvalue weighted by atomic mass is 10.1. The fraction of sp³-hybridized carbons (Fsp3) is 0.318. The number of ether oxygens (including phenoxy) is 1. The Kier molecular flexibility index (Phi) is 7.12. The van der Waals surface area contributed by atoms with Gasteiger partial charge in [-0.05, 0) is 49.2 Å². The van der Waals surface area contributed by atoms with Crippen molar-refractivity contribution in [3.63, 3.8) is 0 Å². The van der Waals surface area contributed by atoms with Crippen LogP contribution in [0.2, 0.25) is 0 Å². The van der Waals surface area contributed by atoms with E-state index in [2.05, 4.69) is 10.6 Å². The quantitative estimate of drug-likeness (QED) is 0.709. The number of fused-ring (bicyclic) bond motifs is 1. The molecule has 0 spiro atoms. The number of carbonyl (C=O) groups excluding carboxylic acids is 3. The van der Waals surface area contributed by atoms with Crippen molar-refractivity contribution in [2.75, 3.05) is 43.2 Å². The molecule has 0 radical (unpaired) electrons. The van der Waals surface area contributed by atoms with Gasteiger partial charge in [0.25, 0.3) is 5.91 Å². The lowest BCUT2D eigenvalue weighted by molar-refractivity contribution is -0.117.